The first kappa shape index (κ1) is 89.5. The molecule has 92 heavy (non-hydrogen) atoms. The molecule has 0 heterocycles. The highest BCUT2D eigenvalue weighted by atomic mass is 31.2. The second-order valence-corrected chi connectivity index (χ2v) is 29.0. The van der Waals surface area contributed by atoms with Crippen molar-refractivity contribution in [3.05, 3.63) is 24.3 Å². The highest BCUT2D eigenvalue weighted by Gasteiger charge is 2.30. The number of esters is 4. The summed E-state index contributed by atoms with van der Waals surface area (Å²) in [5, 5.41) is 10.6. The van der Waals surface area contributed by atoms with E-state index in [-0.39, 0.29) is 25.7 Å². The largest absolute Gasteiger partial charge is 0.472 e. The number of hydrogen-bond acceptors (Lipinski definition) is 15. The molecule has 0 aliphatic heterocycles. The molecular formula is C73H138O17P2. The van der Waals surface area contributed by atoms with Gasteiger partial charge in [-0.15, -0.1) is 0 Å². The van der Waals surface area contributed by atoms with Crippen LogP contribution >= 0.6 is 15.6 Å². The zero-order chi connectivity index (χ0) is 67.7. The van der Waals surface area contributed by atoms with Crippen LogP contribution in [-0.4, -0.2) is 96.7 Å². The number of allylic oxidation sites excluding steroid dienone is 4. The van der Waals surface area contributed by atoms with Crippen LogP contribution in [0.3, 0.4) is 0 Å². The molecule has 19 heteroatoms. The molecule has 0 aromatic heterocycles. The van der Waals surface area contributed by atoms with Crippen LogP contribution in [0.2, 0.25) is 0 Å². The number of rotatable bonds is 71. The van der Waals surface area contributed by atoms with Gasteiger partial charge in [-0.1, -0.05) is 303 Å². The van der Waals surface area contributed by atoms with Crippen LogP contribution in [0.15, 0.2) is 24.3 Å². The molecular weight excluding hydrogens is 1210 g/mol. The predicted octanol–water partition coefficient (Wildman–Crippen LogP) is 20.9. The summed E-state index contributed by atoms with van der Waals surface area (Å²) < 4.78 is 68.3. The molecule has 3 N–H and O–H groups in total. The standard InChI is InChI=1S/C73H138O17P2/c1-6-9-12-15-18-21-23-25-27-29-35-39-44-49-54-59-73(78)90-69(63-84-71(76)57-52-47-42-37-33-31-30-32-36-40-45-50-55-66(4)5)65-88-92(81,82)86-61-67(74)60-85-91(79,80)87-64-68(62-83-70(75)56-51-46-41-20-17-14-11-8-3)89-72(77)58-53-48-43-38-34-28-26-24-22-19-16-13-10-7-2/h21,23,25,27,66-69,74H,6-20,22,24,26,28-65H2,1-5H3,(H,79,80)(H,81,82)/b23-21-,27-25-/t67-,68+,69+/m0/s1. The van der Waals surface area contributed by atoms with Crippen molar-refractivity contribution >= 4 is 39.5 Å². The van der Waals surface area contributed by atoms with E-state index in [4.69, 9.17) is 37.0 Å². The Labute approximate surface area is 561 Å². The molecule has 0 spiro atoms. The van der Waals surface area contributed by atoms with Crippen molar-refractivity contribution in [2.24, 2.45) is 5.92 Å². The maximum Gasteiger partial charge on any atom is 0.472 e. The van der Waals surface area contributed by atoms with Gasteiger partial charge in [-0.2, -0.15) is 0 Å². The normalized spacial score (nSPS) is 14.2. The van der Waals surface area contributed by atoms with Gasteiger partial charge in [-0.25, -0.2) is 9.13 Å². The van der Waals surface area contributed by atoms with Gasteiger partial charge < -0.3 is 33.8 Å². The average Bonchev–Trinajstić information content (AvgIpc) is 1.58. The lowest BCUT2D eigenvalue weighted by molar-refractivity contribution is -0.161. The Balaban J connectivity index is 5.26. The molecule has 0 aromatic carbocycles. The zero-order valence-corrected chi connectivity index (χ0v) is 61.0. The van der Waals surface area contributed by atoms with Crippen LogP contribution in [0.5, 0.6) is 0 Å². The summed E-state index contributed by atoms with van der Waals surface area (Å²) in [4.78, 5) is 72.6. The van der Waals surface area contributed by atoms with E-state index in [9.17, 15) is 43.2 Å². The summed E-state index contributed by atoms with van der Waals surface area (Å²) in [6.45, 7) is 7.19. The van der Waals surface area contributed by atoms with Crippen molar-refractivity contribution in [2.45, 2.75) is 374 Å². The number of phosphoric ester groups is 2. The highest BCUT2D eigenvalue weighted by Crippen LogP contribution is 2.45. The molecule has 0 radical (unpaired) electrons. The molecule has 17 nitrogen and oxygen atoms in total. The Morgan fingerprint density at radius 3 is 0.891 bits per heavy atom. The number of carbonyl (C=O) groups is 4. The molecule has 0 aliphatic rings. The lowest BCUT2D eigenvalue weighted by Gasteiger charge is -2.21. The van der Waals surface area contributed by atoms with Crippen molar-refractivity contribution in [2.75, 3.05) is 39.6 Å². The number of hydrogen-bond donors (Lipinski definition) is 3. The van der Waals surface area contributed by atoms with Crippen molar-refractivity contribution < 1.29 is 80.2 Å². The van der Waals surface area contributed by atoms with Crippen LogP contribution in [-0.2, 0) is 65.4 Å². The van der Waals surface area contributed by atoms with Gasteiger partial charge in [0.25, 0.3) is 0 Å². The van der Waals surface area contributed by atoms with Crippen LogP contribution in [0.25, 0.3) is 0 Å². The third-order valence-corrected chi connectivity index (χ3v) is 18.3. The Kier molecular flexibility index (Phi) is 64.0. The summed E-state index contributed by atoms with van der Waals surface area (Å²) in [6.07, 6.45) is 56.2. The lowest BCUT2D eigenvalue weighted by atomic mass is 10.0. The molecule has 542 valence electrons. The van der Waals surface area contributed by atoms with E-state index in [2.05, 4.69) is 58.9 Å². The fourth-order valence-corrected chi connectivity index (χ4v) is 12.2. The van der Waals surface area contributed by atoms with E-state index in [0.29, 0.717) is 25.7 Å². The molecule has 0 aliphatic carbocycles. The topological polar surface area (TPSA) is 237 Å². The van der Waals surface area contributed by atoms with Gasteiger partial charge in [0.2, 0.25) is 0 Å². The highest BCUT2D eigenvalue weighted by molar-refractivity contribution is 7.47. The molecule has 0 amide bonds. The van der Waals surface area contributed by atoms with Gasteiger partial charge in [0.15, 0.2) is 12.2 Å². The Bertz CT molecular complexity index is 1860. The predicted molar refractivity (Wildman–Crippen MR) is 372 cm³/mol. The number of phosphoric acid groups is 2. The van der Waals surface area contributed by atoms with E-state index in [1.54, 1.807) is 0 Å². The molecule has 0 saturated heterocycles. The Morgan fingerprint density at radius 2 is 0.587 bits per heavy atom. The minimum absolute atomic E-state index is 0.0853. The van der Waals surface area contributed by atoms with E-state index in [0.717, 1.165) is 115 Å². The Morgan fingerprint density at radius 1 is 0.337 bits per heavy atom. The zero-order valence-electron chi connectivity index (χ0n) is 59.2. The fourth-order valence-electron chi connectivity index (χ4n) is 10.6. The molecule has 0 aromatic rings. The van der Waals surface area contributed by atoms with Crippen LogP contribution in [0.1, 0.15) is 356 Å². The molecule has 0 fully saturated rings. The minimum atomic E-state index is -4.96. The molecule has 2 unspecified atom stereocenters. The van der Waals surface area contributed by atoms with Crippen LogP contribution in [0, 0.1) is 5.92 Å². The summed E-state index contributed by atoms with van der Waals surface area (Å²) >= 11 is 0. The monoisotopic (exact) mass is 1350 g/mol. The second kappa shape index (κ2) is 65.8. The van der Waals surface area contributed by atoms with Gasteiger partial charge in [0.05, 0.1) is 26.4 Å². The summed E-state index contributed by atoms with van der Waals surface area (Å²) in [5.74, 6) is -1.37. The number of unbranched alkanes of at least 4 members (excludes halogenated alkanes) is 40. The van der Waals surface area contributed by atoms with Crippen molar-refractivity contribution in [1.29, 1.82) is 0 Å². The number of aliphatic hydroxyl groups excluding tert-OH is 1. The Hall–Kier alpha value is -2.46. The first-order chi connectivity index (χ1) is 44.5. The molecule has 0 rings (SSSR count). The first-order valence-corrected chi connectivity index (χ1v) is 40.4. The smallest absolute Gasteiger partial charge is 0.462 e. The second-order valence-electron chi connectivity index (χ2n) is 26.1. The minimum Gasteiger partial charge on any atom is -0.462 e. The van der Waals surface area contributed by atoms with Crippen molar-refractivity contribution in [1.82, 2.24) is 0 Å². The van der Waals surface area contributed by atoms with Crippen LogP contribution in [0.4, 0.5) is 0 Å². The van der Waals surface area contributed by atoms with E-state index in [1.807, 2.05) is 0 Å². The number of ether oxygens (including phenoxy) is 4. The van der Waals surface area contributed by atoms with E-state index < -0.39 is 97.5 Å². The van der Waals surface area contributed by atoms with Crippen LogP contribution < -0.4 is 0 Å². The number of aliphatic hydroxyl groups is 1. The lowest BCUT2D eigenvalue weighted by Crippen LogP contribution is -2.30. The van der Waals surface area contributed by atoms with Gasteiger partial charge in [0, 0.05) is 25.7 Å². The summed E-state index contributed by atoms with van der Waals surface area (Å²) in [5.41, 5.74) is 0. The number of carbonyl (C=O) groups excluding carboxylic acids is 4. The third-order valence-electron chi connectivity index (χ3n) is 16.4. The molecule has 0 saturated carbocycles. The van der Waals surface area contributed by atoms with Gasteiger partial charge in [-0.3, -0.25) is 37.3 Å². The molecule has 5 atom stereocenters. The van der Waals surface area contributed by atoms with Gasteiger partial charge in [0.1, 0.15) is 19.3 Å². The van der Waals surface area contributed by atoms with Crippen molar-refractivity contribution in [3.63, 3.8) is 0 Å². The fraction of sp³-hybridized carbons (Fsp3) is 0.890. The first-order valence-electron chi connectivity index (χ1n) is 37.5. The summed E-state index contributed by atoms with van der Waals surface area (Å²) in [6, 6.07) is 0. The SMILES string of the molecule is CCCCCC/C=C\C=C/CCCCCCCC(=O)O[C@H](COC(=O)CCCCCCCCCCCCCCC(C)C)COP(=O)(O)OC[C@@H](O)COP(=O)(O)OC[C@@H](COC(=O)CCCCCCCCCC)OC(=O)CCCCCCCCCCCCCCCC. The quantitative estimate of drug-likeness (QED) is 0.0169. The molecule has 0 bridgehead atoms. The van der Waals surface area contributed by atoms with E-state index >= 15 is 0 Å². The van der Waals surface area contributed by atoms with Gasteiger partial charge >= 0.3 is 39.5 Å². The van der Waals surface area contributed by atoms with E-state index in [1.165, 1.54) is 161 Å². The summed E-state index contributed by atoms with van der Waals surface area (Å²) in [7, 11) is -9.91. The maximum atomic E-state index is 13.0. The average molecular weight is 1350 g/mol. The maximum absolute atomic E-state index is 13.0. The van der Waals surface area contributed by atoms with Gasteiger partial charge in [-0.05, 0) is 57.3 Å². The van der Waals surface area contributed by atoms with Crippen molar-refractivity contribution in [3.8, 4) is 0 Å². The third kappa shape index (κ3) is 66.2.